The fourth-order valence-corrected chi connectivity index (χ4v) is 3.68. The van der Waals surface area contributed by atoms with Gasteiger partial charge in [0, 0.05) is 38.3 Å². The molecule has 2 aromatic carbocycles. The Morgan fingerprint density at radius 1 is 0.933 bits per heavy atom. The molecule has 2 aromatic rings. The van der Waals surface area contributed by atoms with Crippen LogP contribution in [0, 0.1) is 13.8 Å². The first-order valence-electron chi connectivity index (χ1n) is 10.2. The molecule has 0 saturated carbocycles. The van der Waals surface area contributed by atoms with Gasteiger partial charge in [0.05, 0.1) is 6.54 Å². The van der Waals surface area contributed by atoms with Gasteiger partial charge in [-0.05, 0) is 54.8 Å². The molecule has 7 heteroatoms. The number of carbonyl (C=O) groups excluding carboxylic acids is 2. The van der Waals surface area contributed by atoms with Crippen molar-refractivity contribution in [2.45, 2.75) is 20.4 Å². The van der Waals surface area contributed by atoms with Gasteiger partial charge in [-0.25, -0.2) is 0 Å². The summed E-state index contributed by atoms with van der Waals surface area (Å²) >= 11 is 0. The van der Waals surface area contributed by atoms with Gasteiger partial charge in [0.2, 0.25) is 12.7 Å². The second-order valence-electron chi connectivity index (χ2n) is 7.83. The van der Waals surface area contributed by atoms with E-state index in [1.807, 2.05) is 55.1 Å². The van der Waals surface area contributed by atoms with E-state index in [1.54, 1.807) is 0 Å². The van der Waals surface area contributed by atoms with Gasteiger partial charge in [0.15, 0.2) is 11.5 Å². The first-order valence-corrected chi connectivity index (χ1v) is 10.2. The van der Waals surface area contributed by atoms with Crippen LogP contribution < -0.4 is 14.8 Å². The first-order chi connectivity index (χ1) is 14.5. The van der Waals surface area contributed by atoms with Crippen molar-refractivity contribution in [3.8, 4) is 11.5 Å². The number of benzene rings is 2. The predicted octanol–water partition coefficient (Wildman–Crippen LogP) is 2.11. The number of nitrogens with one attached hydrogen (secondary N) is 1. The maximum atomic E-state index is 12.7. The molecule has 0 aromatic heterocycles. The molecule has 0 atom stereocenters. The molecular weight excluding hydrogens is 382 g/mol. The second-order valence-corrected chi connectivity index (χ2v) is 7.83. The van der Waals surface area contributed by atoms with Crippen LogP contribution in [0.3, 0.4) is 0 Å². The summed E-state index contributed by atoms with van der Waals surface area (Å²) in [6, 6.07) is 11.5. The van der Waals surface area contributed by atoms with Crippen molar-refractivity contribution in [2.24, 2.45) is 0 Å². The number of aryl methyl sites for hydroxylation is 2. The van der Waals surface area contributed by atoms with Crippen molar-refractivity contribution in [3.05, 3.63) is 58.7 Å². The number of amides is 2. The topological polar surface area (TPSA) is 71.1 Å². The lowest BCUT2D eigenvalue weighted by Gasteiger charge is -2.34. The normalized spacial score (nSPS) is 15.9. The number of piperazine rings is 1. The molecule has 2 amide bonds. The molecule has 1 saturated heterocycles. The molecule has 158 valence electrons. The first kappa shape index (κ1) is 20.2. The van der Waals surface area contributed by atoms with E-state index in [0.29, 0.717) is 45.0 Å². The average Bonchev–Trinajstić information content (AvgIpc) is 3.22. The Morgan fingerprint density at radius 2 is 1.70 bits per heavy atom. The van der Waals surface area contributed by atoms with Crippen LogP contribution in [0.2, 0.25) is 0 Å². The van der Waals surface area contributed by atoms with Crippen LogP contribution in [0.4, 0.5) is 0 Å². The van der Waals surface area contributed by atoms with E-state index in [1.165, 1.54) is 5.56 Å². The fraction of sp³-hybridized carbons (Fsp3) is 0.391. The maximum Gasteiger partial charge on any atom is 0.253 e. The maximum absolute atomic E-state index is 12.7. The van der Waals surface area contributed by atoms with Gasteiger partial charge in [0.1, 0.15) is 0 Å². The van der Waals surface area contributed by atoms with E-state index in [0.717, 1.165) is 22.4 Å². The van der Waals surface area contributed by atoms with Crippen LogP contribution in [0.15, 0.2) is 36.4 Å². The van der Waals surface area contributed by atoms with Crippen molar-refractivity contribution < 1.29 is 19.1 Å². The quantitative estimate of drug-likeness (QED) is 0.819. The van der Waals surface area contributed by atoms with Crippen molar-refractivity contribution in [2.75, 3.05) is 39.5 Å². The zero-order valence-electron chi connectivity index (χ0n) is 17.4. The standard InChI is InChI=1S/C23H27N3O4/c1-16-3-5-19(11-17(16)2)23(28)26-9-7-25(8-10-26)14-22(27)24-13-18-4-6-20-21(12-18)30-15-29-20/h3-6,11-12H,7-10,13-15H2,1-2H3,(H,24,27). The molecule has 0 bridgehead atoms. The zero-order chi connectivity index (χ0) is 21.1. The zero-order valence-corrected chi connectivity index (χ0v) is 17.4. The Bertz CT molecular complexity index is 951. The van der Waals surface area contributed by atoms with Gasteiger partial charge in [-0.2, -0.15) is 0 Å². The molecule has 1 N–H and O–H groups in total. The monoisotopic (exact) mass is 409 g/mol. The smallest absolute Gasteiger partial charge is 0.253 e. The van der Waals surface area contributed by atoms with Crippen molar-refractivity contribution >= 4 is 11.8 Å². The van der Waals surface area contributed by atoms with Gasteiger partial charge in [-0.15, -0.1) is 0 Å². The molecule has 7 nitrogen and oxygen atoms in total. The minimum absolute atomic E-state index is 0.0263. The van der Waals surface area contributed by atoms with Crippen LogP contribution in [0.1, 0.15) is 27.0 Å². The summed E-state index contributed by atoms with van der Waals surface area (Å²) in [7, 11) is 0. The van der Waals surface area contributed by atoms with Crippen molar-refractivity contribution in [1.82, 2.24) is 15.1 Å². The van der Waals surface area contributed by atoms with Crippen LogP contribution in [-0.4, -0.2) is 61.1 Å². The summed E-state index contributed by atoms with van der Waals surface area (Å²) in [6.45, 7) is 7.71. The van der Waals surface area contributed by atoms with Crippen molar-refractivity contribution in [1.29, 1.82) is 0 Å². The Hall–Kier alpha value is -3.06. The number of fused-ring (bicyclic) bond motifs is 1. The minimum atomic E-state index is -0.0263. The van der Waals surface area contributed by atoms with Gasteiger partial charge in [-0.1, -0.05) is 12.1 Å². The summed E-state index contributed by atoms with van der Waals surface area (Å²) in [4.78, 5) is 29.0. The molecular formula is C23H27N3O4. The predicted molar refractivity (Wildman–Crippen MR) is 113 cm³/mol. The Morgan fingerprint density at radius 3 is 2.47 bits per heavy atom. The fourth-order valence-electron chi connectivity index (χ4n) is 3.68. The molecule has 2 aliphatic rings. The summed E-state index contributed by atoms with van der Waals surface area (Å²) in [5.41, 5.74) is 4.01. The number of ether oxygens (including phenoxy) is 2. The highest BCUT2D eigenvalue weighted by molar-refractivity contribution is 5.94. The third kappa shape index (κ3) is 4.57. The van der Waals surface area contributed by atoms with Gasteiger partial charge in [0.25, 0.3) is 5.91 Å². The minimum Gasteiger partial charge on any atom is -0.454 e. The molecule has 0 radical (unpaired) electrons. The summed E-state index contributed by atoms with van der Waals surface area (Å²) in [5.74, 6) is 1.48. The molecule has 2 aliphatic heterocycles. The van der Waals surface area contributed by atoms with Crippen LogP contribution in [-0.2, 0) is 11.3 Å². The van der Waals surface area contributed by atoms with Crippen LogP contribution in [0.25, 0.3) is 0 Å². The van der Waals surface area contributed by atoms with Gasteiger partial charge < -0.3 is 19.7 Å². The number of rotatable bonds is 5. The Labute approximate surface area is 176 Å². The molecule has 2 heterocycles. The van der Waals surface area contributed by atoms with Crippen molar-refractivity contribution in [3.63, 3.8) is 0 Å². The van der Waals surface area contributed by atoms with E-state index < -0.39 is 0 Å². The van der Waals surface area contributed by atoms with E-state index in [9.17, 15) is 9.59 Å². The summed E-state index contributed by atoms with van der Waals surface area (Å²) in [6.07, 6.45) is 0. The Kier molecular flexibility index (Phi) is 5.90. The summed E-state index contributed by atoms with van der Waals surface area (Å²) < 4.78 is 10.7. The highest BCUT2D eigenvalue weighted by Crippen LogP contribution is 2.32. The highest BCUT2D eigenvalue weighted by Gasteiger charge is 2.23. The second kappa shape index (κ2) is 8.75. The molecule has 0 spiro atoms. The third-order valence-electron chi connectivity index (χ3n) is 5.71. The molecule has 4 rings (SSSR count). The number of carbonyl (C=O) groups is 2. The largest absolute Gasteiger partial charge is 0.454 e. The Balaban J connectivity index is 1.22. The summed E-state index contributed by atoms with van der Waals surface area (Å²) in [5, 5.41) is 2.95. The lowest BCUT2D eigenvalue weighted by Crippen LogP contribution is -2.51. The molecule has 0 aliphatic carbocycles. The molecule has 0 unspecified atom stereocenters. The highest BCUT2D eigenvalue weighted by atomic mass is 16.7. The number of hydrogen-bond donors (Lipinski definition) is 1. The van der Waals surface area contributed by atoms with Gasteiger partial charge in [-0.3, -0.25) is 14.5 Å². The third-order valence-corrected chi connectivity index (χ3v) is 5.71. The van der Waals surface area contributed by atoms with Crippen LogP contribution in [0.5, 0.6) is 11.5 Å². The van der Waals surface area contributed by atoms with Gasteiger partial charge >= 0.3 is 0 Å². The number of nitrogens with zero attached hydrogens (tertiary/aromatic N) is 2. The van der Waals surface area contributed by atoms with Crippen LogP contribution >= 0.6 is 0 Å². The van der Waals surface area contributed by atoms with E-state index in [4.69, 9.17) is 9.47 Å². The van der Waals surface area contributed by atoms with E-state index in [2.05, 4.69) is 10.2 Å². The number of hydrogen-bond acceptors (Lipinski definition) is 5. The van der Waals surface area contributed by atoms with E-state index >= 15 is 0 Å². The lowest BCUT2D eigenvalue weighted by atomic mass is 10.1. The average molecular weight is 409 g/mol. The molecule has 1 fully saturated rings. The molecule has 30 heavy (non-hydrogen) atoms. The van der Waals surface area contributed by atoms with E-state index in [-0.39, 0.29) is 18.6 Å². The lowest BCUT2D eigenvalue weighted by molar-refractivity contribution is -0.122. The SMILES string of the molecule is Cc1ccc(C(=O)N2CCN(CC(=O)NCc3ccc4c(c3)OCO4)CC2)cc1C.